The second kappa shape index (κ2) is 4.91. The summed E-state index contributed by atoms with van der Waals surface area (Å²) in [6.45, 7) is 3.09. The van der Waals surface area contributed by atoms with Gasteiger partial charge < -0.3 is 4.74 Å². The van der Waals surface area contributed by atoms with Crippen molar-refractivity contribution in [2.24, 2.45) is 0 Å². The predicted molar refractivity (Wildman–Crippen MR) is 79.6 cm³/mol. The average Bonchev–Trinajstić information content (AvgIpc) is 2.95. The third kappa shape index (κ3) is 2.33. The Kier molecular flexibility index (Phi) is 3.43. The number of rotatable bonds is 3. The fraction of sp³-hybridized carbons (Fsp3) is 0.500. The highest BCUT2D eigenvalue weighted by molar-refractivity contribution is 9.09. The van der Waals surface area contributed by atoms with Gasteiger partial charge in [-0.05, 0) is 31.9 Å². The summed E-state index contributed by atoms with van der Waals surface area (Å²) in [6, 6.07) is 8.32. The first-order chi connectivity index (χ1) is 8.67. The van der Waals surface area contributed by atoms with Gasteiger partial charge in [-0.25, -0.2) is 4.98 Å². The van der Waals surface area contributed by atoms with Crippen LogP contribution in [0.3, 0.4) is 0 Å². The number of hydrogen-bond acceptors (Lipinski definition) is 3. The van der Waals surface area contributed by atoms with Crippen molar-refractivity contribution in [2.75, 3.05) is 6.61 Å². The fourth-order valence-electron chi connectivity index (χ4n) is 2.42. The lowest BCUT2D eigenvalue weighted by molar-refractivity contribution is 0.0202. The van der Waals surface area contributed by atoms with Crippen LogP contribution < -0.4 is 0 Å². The minimum atomic E-state index is -0.0299. The van der Waals surface area contributed by atoms with Crippen LogP contribution in [0.4, 0.5) is 0 Å². The number of halogens is 1. The van der Waals surface area contributed by atoms with Crippen molar-refractivity contribution in [3.63, 3.8) is 0 Å². The highest BCUT2D eigenvalue weighted by atomic mass is 79.9. The number of nitrogens with zero attached hydrogens (tertiary/aromatic N) is 1. The molecule has 4 heteroatoms. The van der Waals surface area contributed by atoms with Gasteiger partial charge in [-0.15, -0.1) is 11.3 Å². The molecule has 1 aromatic heterocycles. The average molecular weight is 326 g/mol. The fourth-order valence-corrected chi connectivity index (χ4v) is 4.32. The molecule has 0 saturated carbocycles. The molecular formula is C14H16BrNOS. The van der Waals surface area contributed by atoms with E-state index in [2.05, 4.69) is 46.0 Å². The zero-order chi connectivity index (χ0) is 12.6. The highest BCUT2D eigenvalue weighted by Gasteiger charge is 2.37. The number of alkyl halides is 1. The number of benzene rings is 1. The summed E-state index contributed by atoms with van der Waals surface area (Å²) in [4.78, 5) is 5.03. The van der Waals surface area contributed by atoms with E-state index in [9.17, 15) is 0 Å². The minimum Gasteiger partial charge on any atom is -0.374 e. The van der Waals surface area contributed by atoms with Gasteiger partial charge >= 0.3 is 0 Å². The Labute approximate surface area is 120 Å². The lowest BCUT2D eigenvalue weighted by atomic mass is 9.97. The first-order valence-electron chi connectivity index (χ1n) is 6.30. The molecule has 0 radical (unpaired) electrons. The van der Waals surface area contributed by atoms with Crippen molar-refractivity contribution in [1.29, 1.82) is 0 Å². The molecule has 0 amide bonds. The van der Waals surface area contributed by atoms with Gasteiger partial charge in [0.05, 0.1) is 20.8 Å². The van der Waals surface area contributed by atoms with Crippen molar-refractivity contribution in [2.45, 2.75) is 36.6 Å². The van der Waals surface area contributed by atoms with E-state index < -0.39 is 0 Å². The summed E-state index contributed by atoms with van der Waals surface area (Å²) >= 11 is 5.58. The van der Waals surface area contributed by atoms with E-state index in [-0.39, 0.29) is 5.60 Å². The van der Waals surface area contributed by atoms with Gasteiger partial charge in [-0.3, -0.25) is 0 Å². The maximum Gasteiger partial charge on any atom is 0.0950 e. The summed E-state index contributed by atoms with van der Waals surface area (Å²) in [7, 11) is 0. The van der Waals surface area contributed by atoms with Gasteiger partial charge in [0.1, 0.15) is 0 Å². The summed E-state index contributed by atoms with van der Waals surface area (Å²) in [5, 5.41) is 1.19. The molecule has 96 valence electrons. The normalized spacial score (nSPS) is 25.7. The Hall–Kier alpha value is -0.450. The topological polar surface area (TPSA) is 22.1 Å². The van der Waals surface area contributed by atoms with Gasteiger partial charge in [0.15, 0.2) is 0 Å². The molecule has 3 rings (SSSR count). The molecule has 1 saturated heterocycles. The molecule has 1 aliphatic rings. The van der Waals surface area contributed by atoms with E-state index in [1.54, 1.807) is 11.3 Å². The van der Waals surface area contributed by atoms with E-state index in [0.717, 1.165) is 25.0 Å². The zero-order valence-corrected chi connectivity index (χ0v) is 12.8. The summed E-state index contributed by atoms with van der Waals surface area (Å²) in [5.74, 6) is 0. The molecule has 1 aliphatic heterocycles. The van der Waals surface area contributed by atoms with Crippen LogP contribution in [0, 0.1) is 0 Å². The van der Waals surface area contributed by atoms with Crippen LogP contribution in [0.5, 0.6) is 0 Å². The molecule has 2 unspecified atom stereocenters. The first-order valence-corrected chi connectivity index (χ1v) is 8.03. The molecule has 0 bridgehead atoms. The Bertz CT molecular complexity index is 514. The number of ether oxygens (including phenoxy) is 1. The first kappa shape index (κ1) is 12.6. The van der Waals surface area contributed by atoms with Crippen LogP contribution in [0.1, 0.15) is 24.8 Å². The highest BCUT2D eigenvalue weighted by Crippen LogP contribution is 2.35. The van der Waals surface area contributed by atoms with Crippen LogP contribution >= 0.6 is 27.3 Å². The van der Waals surface area contributed by atoms with Crippen molar-refractivity contribution in [1.82, 2.24) is 4.98 Å². The minimum absolute atomic E-state index is 0.0299. The number of aromatic nitrogens is 1. The molecule has 2 heterocycles. The second-order valence-corrected chi connectivity index (χ2v) is 7.23. The third-order valence-electron chi connectivity index (χ3n) is 3.60. The van der Waals surface area contributed by atoms with Crippen LogP contribution in [0.15, 0.2) is 24.3 Å². The zero-order valence-electron chi connectivity index (χ0n) is 10.4. The molecule has 0 aliphatic carbocycles. The lowest BCUT2D eigenvalue weighted by Crippen LogP contribution is -2.35. The Morgan fingerprint density at radius 1 is 1.50 bits per heavy atom. The van der Waals surface area contributed by atoms with Crippen LogP contribution in [0.25, 0.3) is 10.2 Å². The molecule has 18 heavy (non-hydrogen) atoms. The van der Waals surface area contributed by atoms with E-state index in [4.69, 9.17) is 4.74 Å². The van der Waals surface area contributed by atoms with E-state index in [0.29, 0.717) is 4.83 Å². The van der Waals surface area contributed by atoms with E-state index >= 15 is 0 Å². The molecule has 0 N–H and O–H groups in total. The molecule has 2 atom stereocenters. The smallest absolute Gasteiger partial charge is 0.0950 e. The summed E-state index contributed by atoms with van der Waals surface area (Å²) in [5.41, 5.74) is 1.08. The number of hydrogen-bond donors (Lipinski definition) is 0. The molecule has 1 aromatic carbocycles. The summed E-state index contributed by atoms with van der Waals surface area (Å²) in [6.07, 6.45) is 3.24. The van der Waals surface area contributed by atoms with Crippen LogP contribution in [-0.4, -0.2) is 22.0 Å². The van der Waals surface area contributed by atoms with Crippen LogP contribution in [-0.2, 0) is 11.2 Å². The molecular weight excluding hydrogens is 310 g/mol. The Morgan fingerprint density at radius 2 is 2.33 bits per heavy atom. The number of fused-ring (bicyclic) bond motifs is 1. The van der Waals surface area contributed by atoms with Gasteiger partial charge in [-0.2, -0.15) is 0 Å². The van der Waals surface area contributed by atoms with E-state index in [1.165, 1.54) is 16.1 Å². The lowest BCUT2D eigenvalue weighted by Gasteiger charge is -2.28. The molecule has 2 nitrogen and oxygen atoms in total. The third-order valence-corrected chi connectivity index (χ3v) is 5.95. The van der Waals surface area contributed by atoms with Crippen molar-refractivity contribution < 1.29 is 4.74 Å². The Morgan fingerprint density at radius 3 is 3.06 bits per heavy atom. The van der Waals surface area contributed by atoms with Gasteiger partial charge in [0.25, 0.3) is 0 Å². The van der Waals surface area contributed by atoms with Crippen LogP contribution in [0.2, 0.25) is 0 Å². The largest absolute Gasteiger partial charge is 0.374 e. The maximum absolute atomic E-state index is 5.88. The van der Waals surface area contributed by atoms with Crippen molar-refractivity contribution in [3.05, 3.63) is 29.3 Å². The second-order valence-electron chi connectivity index (χ2n) is 5.01. The standard InChI is InChI=1S/C14H16BrNOS/c1-14(7-4-8-17-14)12(15)9-13-16-10-5-2-3-6-11(10)18-13/h2-3,5-6,12H,4,7-9H2,1H3. The van der Waals surface area contributed by atoms with E-state index in [1.807, 2.05) is 6.07 Å². The number of thiazole rings is 1. The monoisotopic (exact) mass is 325 g/mol. The Balaban J connectivity index is 1.79. The van der Waals surface area contributed by atoms with Crippen molar-refractivity contribution >= 4 is 37.5 Å². The summed E-state index contributed by atoms with van der Waals surface area (Å²) < 4.78 is 7.15. The number of para-hydroxylation sites is 1. The SMILES string of the molecule is CC1(C(Br)Cc2nc3ccccc3s2)CCCO1. The van der Waals surface area contributed by atoms with Gasteiger partial charge in [-0.1, -0.05) is 28.1 Å². The molecule has 0 spiro atoms. The van der Waals surface area contributed by atoms with Crippen molar-refractivity contribution in [3.8, 4) is 0 Å². The quantitative estimate of drug-likeness (QED) is 0.790. The van der Waals surface area contributed by atoms with Gasteiger partial charge in [0.2, 0.25) is 0 Å². The van der Waals surface area contributed by atoms with Gasteiger partial charge in [0, 0.05) is 17.9 Å². The molecule has 2 aromatic rings. The predicted octanol–water partition coefficient (Wildman–Crippen LogP) is 4.17. The molecule has 1 fully saturated rings. The maximum atomic E-state index is 5.88.